The van der Waals surface area contributed by atoms with Crippen LogP contribution in [-0.4, -0.2) is 18.6 Å². The summed E-state index contributed by atoms with van der Waals surface area (Å²) in [5.41, 5.74) is 6.36. The molecule has 1 atom stereocenters. The predicted molar refractivity (Wildman–Crippen MR) is 77.5 cm³/mol. The smallest absolute Gasteiger partial charge is 0.258 e. The van der Waals surface area contributed by atoms with Crippen molar-refractivity contribution in [2.24, 2.45) is 5.73 Å². The first kappa shape index (κ1) is 14.4. The maximum Gasteiger partial charge on any atom is 0.258 e. The quantitative estimate of drug-likeness (QED) is 0.847. The van der Waals surface area contributed by atoms with Crippen molar-refractivity contribution in [3.8, 4) is 5.75 Å². The molecule has 1 aromatic heterocycles. The first-order valence-corrected chi connectivity index (χ1v) is 6.78. The van der Waals surface area contributed by atoms with Gasteiger partial charge in [-0.3, -0.25) is 4.79 Å². The molecule has 2 rings (SSSR count). The van der Waals surface area contributed by atoms with Crippen molar-refractivity contribution in [1.82, 2.24) is 5.32 Å². The Morgan fingerprint density at radius 1 is 1.45 bits per heavy atom. The third-order valence-electron chi connectivity index (χ3n) is 3.17. The number of nitrogens with two attached hydrogens (primary N) is 1. The second kappa shape index (κ2) is 6.43. The molecule has 0 saturated heterocycles. The number of rotatable bonds is 6. The number of ether oxygens (including phenoxy) is 1. The second-order valence-electron chi connectivity index (χ2n) is 4.72. The average Bonchev–Trinajstić information content (AvgIpc) is 2.82. The van der Waals surface area contributed by atoms with E-state index in [0.717, 1.165) is 11.8 Å². The topological polar surface area (TPSA) is 77.5 Å². The number of hydrogen-bond donors (Lipinski definition) is 2. The minimum atomic E-state index is -0.146. The van der Waals surface area contributed by atoms with Crippen molar-refractivity contribution in [2.75, 3.05) is 6.61 Å². The number of nitrogens with one attached hydrogen (secondary N) is 1. The molecule has 2 aromatic rings. The number of furan rings is 1. The van der Waals surface area contributed by atoms with Gasteiger partial charge in [0.25, 0.3) is 5.91 Å². The molecule has 1 aromatic carbocycles. The standard InChI is InChI=1S/C15H20N2O3/c1-3-10(2)17-14(18)9-19-15-11-6-4-5-7-12(11)20-13(15)8-16/h4-7,10H,3,8-9,16H2,1-2H3,(H,17,18). The lowest BCUT2D eigenvalue weighted by Crippen LogP contribution is -2.35. The molecule has 0 bridgehead atoms. The van der Waals surface area contributed by atoms with Gasteiger partial charge in [0.15, 0.2) is 18.1 Å². The average molecular weight is 276 g/mol. The van der Waals surface area contributed by atoms with E-state index in [-0.39, 0.29) is 25.1 Å². The van der Waals surface area contributed by atoms with E-state index in [1.54, 1.807) is 0 Å². The molecule has 0 fully saturated rings. The molecule has 3 N–H and O–H groups in total. The SMILES string of the molecule is CCC(C)NC(=O)COc1c(CN)oc2ccccc12. The summed E-state index contributed by atoms with van der Waals surface area (Å²) in [6.45, 7) is 4.16. The van der Waals surface area contributed by atoms with Gasteiger partial charge in [-0.15, -0.1) is 0 Å². The van der Waals surface area contributed by atoms with E-state index in [1.807, 2.05) is 38.1 Å². The summed E-state index contributed by atoms with van der Waals surface area (Å²) in [4.78, 5) is 11.7. The van der Waals surface area contributed by atoms with Gasteiger partial charge in [0.1, 0.15) is 5.58 Å². The number of para-hydroxylation sites is 1. The van der Waals surface area contributed by atoms with Crippen molar-refractivity contribution in [2.45, 2.75) is 32.9 Å². The molecule has 108 valence electrons. The molecule has 0 spiro atoms. The van der Waals surface area contributed by atoms with Crippen LogP contribution in [0.25, 0.3) is 11.0 Å². The highest BCUT2D eigenvalue weighted by atomic mass is 16.5. The monoisotopic (exact) mass is 276 g/mol. The Morgan fingerprint density at radius 2 is 2.20 bits per heavy atom. The predicted octanol–water partition coefficient (Wildman–Crippen LogP) is 2.18. The Bertz CT molecular complexity index is 592. The van der Waals surface area contributed by atoms with Gasteiger partial charge in [-0.2, -0.15) is 0 Å². The summed E-state index contributed by atoms with van der Waals surface area (Å²) in [6.07, 6.45) is 0.883. The van der Waals surface area contributed by atoms with E-state index in [2.05, 4.69) is 5.32 Å². The summed E-state index contributed by atoms with van der Waals surface area (Å²) in [5, 5.41) is 3.69. The lowest BCUT2D eigenvalue weighted by Gasteiger charge is -2.12. The molecular formula is C15H20N2O3. The maximum atomic E-state index is 11.7. The van der Waals surface area contributed by atoms with Crippen molar-refractivity contribution >= 4 is 16.9 Å². The van der Waals surface area contributed by atoms with Gasteiger partial charge in [0.2, 0.25) is 0 Å². The fraction of sp³-hybridized carbons (Fsp3) is 0.400. The molecule has 0 saturated carbocycles. The number of hydrogen-bond acceptors (Lipinski definition) is 4. The Kier molecular flexibility index (Phi) is 4.63. The van der Waals surface area contributed by atoms with E-state index in [1.165, 1.54) is 0 Å². The molecule has 1 heterocycles. The molecule has 5 nitrogen and oxygen atoms in total. The fourth-order valence-corrected chi connectivity index (χ4v) is 1.92. The van der Waals surface area contributed by atoms with E-state index in [0.29, 0.717) is 17.1 Å². The molecule has 1 unspecified atom stereocenters. The minimum Gasteiger partial charge on any atom is -0.479 e. The maximum absolute atomic E-state index is 11.7. The Hall–Kier alpha value is -2.01. The van der Waals surface area contributed by atoms with E-state index >= 15 is 0 Å². The highest BCUT2D eigenvalue weighted by Crippen LogP contribution is 2.32. The molecule has 1 amide bonds. The van der Waals surface area contributed by atoms with Crippen LogP contribution >= 0.6 is 0 Å². The van der Waals surface area contributed by atoms with Crippen LogP contribution in [0.3, 0.4) is 0 Å². The lowest BCUT2D eigenvalue weighted by molar-refractivity contribution is -0.123. The minimum absolute atomic E-state index is 0.0408. The Labute approximate surface area is 118 Å². The van der Waals surface area contributed by atoms with Crippen LogP contribution in [0.4, 0.5) is 0 Å². The van der Waals surface area contributed by atoms with Crippen molar-refractivity contribution < 1.29 is 13.9 Å². The molecule has 0 radical (unpaired) electrons. The number of carbonyl (C=O) groups excluding carboxylic acids is 1. The zero-order chi connectivity index (χ0) is 14.5. The van der Waals surface area contributed by atoms with Crippen molar-refractivity contribution in [3.63, 3.8) is 0 Å². The van der Waals surface area contributed by atoms with Crippen LogP contribution in [0.5, 0.6) is 5.75 Å². The zero-order valence-electron chi connectivity index (χ0n) is 11.8. The summed E-state index contributed by atoms with van der Waals surface area (Å²) < 4.78 is 11.2. The van der Waals surface area contributed by atoms with Crippen molar-refractivity contribution in [1.29, 1.82) is 0 Å². The zero-order valence-corrected chi connectivity index (χ0v) is 11.8. The Balaban J connectivity index is 2.11. The fourth-order valence-electron chi connectivity index (χ4n) is 1.92. The number of carbonyl (C=O) groups is 1. The Morgan fingerprint density at radius 3 is 2.90 bits per heavy atom. The summed E-state index contributed by atoms with van der Waals surface area (Å²) >= 11 is 0. The summed E-state index contributed by atoms with van der Waals surface area (Å²) in [7, 11) is 0. The van der Waals surface area contributed by atoms with Gasteiger partial charge in [-0.05, 0) is 25.5 Å². The number of amides is 1. The van der Waals surface area contributed by atoms with E-state index < -0.39 is 0 Å². The molecule has 0 aliphatic carbocycles. The first-order chi connectivity index (χ1) is 9.65. The van der Waals surface area contributed by atoms with E-state index in [9.17, 15) is 4.79 Å². The van der Waals surface area contributed by atoms with Crippen LogP contribution < -0.4 is 15.8 Å². The summed E-state index contributed by atoms with van der Waals surface area (Å²) in [5.74, 6) is 0.970. The van der Waals surface area contributed by atoms with Crippen LogP contribution in [0, 0.1) is 0 Å². The normalized spacial score (nSPS) is 12.3. The van der Waals surface area contributed by atoms with Gasteiger partial charge in [0.05, 0.1) is 11.9 Å². The van der Waals surface area contributed by atoms with Crippen LogP contribution in [0.1, 0.15) is 26.0 Å². The molecule has 20 heavy (non-hydrogen) atoms. The van der Waals surface area contributed by atoms with Gasteiger partial charge in [-0.25, -0.2) is 0 Å². The second-order valence-corrected chi connectivity index (χ2v) is 4.72. The van der Waals surface area contributed by atoms with Gasteiger partial charge in [0, 0.05) is 6.04 Å². The van der Waals surface area contributed by atoms with Crippen LogP contribution in [0.2, 0.25) is 0 Å². The third kappa shape index (κ3) is 3.11. The van der Waals surface area contributed by atoms with Crippen molar-refractivity contribution in [3.05, 3.63) is 30.0 Å². The molecular weight excluding hydrogens is 256 g/mol. The summed E-state index contributed by atoms with van der Waals surface area (Å²) in [6, 6.07) is 7.65. The van der Waals surface area contributed by atoms with Gasteiger partial charge < -0.3 is 20.2 Å². The van der Waals surface area contributed by atoms with Gasteiger partial charge >= 0.3 is 0 Å². The number of fused-ring (bicyclic) bond motifs is 1. The lowest BCUT2D eigenvalue weighted by atomic mass is 10.2. The van der Waals surface area contributed by atoms with Crippen LogP contribution in [0.15, 0.2) is 28.7 Å². The van der Waals surface area contributed by atoms with Crippen LogP contribution in [-0.2, 0) is 11.3 Å². The first-order valence-electron chi connectivity index (χ1n) is 6.78. The molecule has 0 aliphatic rings. The third-order valence-corrected chi connectivity index (χ3v) is 3.17. The molecule has 0 aliphatic heterocycles. The largest absolute Gasteiger partial charge is 0.479 e. The highest BCUT2D eigenvalue weighted by molar-refractivity contribution is 5.86. The molecule has 5 heteroatoms. The number of benzene rings is 1. The van der Waals surface area contributed by atoms with Gasteiger partial charge in [-0.1, -0.05) is 19.1 Å². The van der Waals surface area contributed by atoms with E-state index in [4.69, 9.17) is 14.9 Å². The highest BCUT2D eigenvalue weighted by Gasteiger charge is 2.15.